The third-order valence-corrected chi connectivity index (χ3v) is 10.0. The maximum Gasteiger partial charge on any atom is 0.326 e. The molecule has 0 saturated heterocycles. The molecule has 1 heterocycles. The average molecular weight is 801 g/mol. The highest BCUT2D eigenvalue weighted by Gasteiger charge is 2.24. The number of rotatable bonds is 35. The number of sulfonamides is 1. The topological polar surface area (TPSA) is 297 Å². The van der Waals surface area contributed by atoms with E-state index < -0.39 is 63.4 Å². The number of nitrogens with zero attached hydrogens (tertiary/aromatic N) is 3. The molecule has 0 spiro atoms. The van der Waals surface area contributed by atoms with Crippen LogP contribution in [-0.2, 0) is 50.0 Å². The Hall–Kier alpha value is -4.49. The highest BCUT2D eigenvalue weighted by molar-refractivity contribution is 7.90. The number of unbranched alkanes of at least 4 members (excludes halogenated alkanes) is 12. The fourth-order valence-electron chi connectivity index (χ4n) is 5.62. The lowest BCUT2D eigenvalue weighted by molar-refractivity contribution is -0.143. The number of H-pyrrole nitrogens is 1. The van der Waals surface area contributed by atoms with Gasteiger partial charge in [-0.3, -0.25) is 23.9 Å². The van der Waals surface area contributed by atoms with Crippen LogP contribution in [0.1, 0.15) is 147 Å². The summed E-state index contributed by atoms with van der Waals surface area (Å²) in [5.41, 5.74) is 0. The number of aromatic amines is 1. The van der Waals surface area contributed by atoms with Gasteiger partial charge in [0.2, 0.25) is 33.7 Å². The van der Waals surface area contributed by atoms with Crippen LogP contribution in [0.2, 0.25) is 0 Å². The lowest BCUT2D eigenvalue weighted by Gasteiger charge is -2.16. The molecule has 1 aromatic heterocycles. The van der Waals surface area contributed by atoms with Crippen molar-refractivity contribution in [2.24, 2.45) is 0 Å². The molecule has 0 fully saturated rings. The predicted octanol–water partition coefficient (Wildman–Crippen LogP) is 2.22. The molecule has 0 aromatic carbocycles. The van der Waals surface area contributed by atoms with Crippen LogP contribution < -0.4 is 20.7 Å². The Kier molecular flexibility index (Phi) is 26.3. The predicted molar refractivity (Wildman–Crippen MR) is 200 cm³/mol. The quantitative estimate of drug-likeness (QED) is 0.0383. The average Bonchev–Trinajstić information content (AvgIpc) is 3.65. The Balaban J connectivity index is 2.06. The van der Waals surface area contributed by atoms with Crippen molar-refractivity contribution in [3.05, 3.63) is 5.82 Å². The summed E-state index contributed by atoms with van der Waals surface area (Å²) in [6.07, 6.45) is 14.8. The van der Waals surface area contributed by atoms with Crippen molar-refractivity contribution in [3.63, 3.8) is 0 Å². The van der Waals surface area contributed by atoms with Crippen LogP contribution in [0, 0.1) is 0 Å². The van der Waals surface area contributed by atoms with E-state index in [9.17, 15) is 47.1 Å². The molecule has 0 aliphatic rings. The highest BCUT2D eigenvalue weighted by Crippen LogP contribution is 2.14. The van der Waals surface area contributed by atoms with Crippen molar-refractivity contribution in [3.8, 4) is 0 Å². The minimum Gasteiger partial charge on any atom is -0.480 e. The van der Waals surface area contributed by atoms with Gasteiger partial charge in [-0.05, 0) is 38.5 Å². The molecule has 0 bridgehead atoms. The van der Waals surface area contributed by atoms with Crippen molar-refractivity contribution in [1.82, 2.24) is 41.3 Å². The monoisotopic (exact) mass is 800 g/mol. The van der Waals surface area contributed by atoms with Gasteiger partial charge in [0.05, 0.1) is 5.75 Å². The normalized spacial score (nSPS) is 12.3. The standard InChI is InChI=1S/C35H60N8O11S/c44-25-15-17-27(34(49)50)37-32(47)23-22-28(35(51)52)38-31(46)20-14-24-36-30(45)21-16-26-55(53,54)41-33(48)19-13-11-9-7-5-3-1-2-4-6-8-10-12-18-29-39-42-43-40-29/h25,27-28H,1-24,26H2,(H,36,45)(H,37,47)(H,38,46)(H,41,48)(H,49,50)(H,51,52)(H,39,40,42,43). The lowest BCUT2D eigenvalue weighted by atomic mass is 10.0. The zero-order valence-corrected chi connectivity index (χ0v) is 32.5. The van der Waals surface area contributed by atoms with E-state index in [1.165, 1.54) is 44.9 Å². The third kappa shape index (κ3) is 26.9. The second-order valence-corrected chi connectivity index (χ2v) is 15.4. The first-order chi connectivity index (χ1) is 26.3. The van der Waals surface area contributed by atoms with Crippen molar-refractivity contribution < 1.29 is 52.2 Å². The number of carbonyl (C=O) groups is 7. The molecule has 2 atom stereocenters. The van der Waals surface area contributed by atoms with Crippen LogP contribution >= 0.6 is 0 Å². The Morgan fingerprint density at radius 2 is 1.15 bits per heavy atom. The fraction of sp³-hybridized carbons (Fsp3) is 0.771. The number of hydrogen-bond acceptors (Lipinski definition) is 12. The summed E-state index contributed by atoms with van der Waals surface area (Å²) in [6.45, 7) is 0.0685. The summed E-state index contributed by atoms with van der Waals surface area (Å²) in [5.74, 6) is -4.76. The number of amides is 4. The van der Waals surface area contributed by atoms with Gasteiger partial charge in [0.15, 0.2) is 5.82 Å². The maximum absolute atomic E-state index is 12.3. The molecule has 312 valence electrons. The molecule has 2 unspecified atom stereocenters. The molecule has 1 aromatic rings. The van der Waals surface area contributed by atoms with E-state index >= 15 is 0 Å². The minimum absolute atomic E-state index is 0.0181. The smallest absolute Gasteiger partial charge is 0.326 e. The van der Waals surface area contributed by atoms with Gasteiger partial charge in [0.25, 0.3) is 0 Å². The van der Waals surface area contributed by atoms with Crippen molar-refractivity contribution in [1.29, 1.82) is 0 Å². The first-order valence-electron chi connectivity index (χ1n) is 19.3. The zero-order valence-electron chi connectivity index (χ0n) is 31.7. The van der Waals surface area contributed by atoms with Gasteiger partial charge in [-0.2, -0.15) is 5.21 Å². The second-order valence-electron chi connectivity index (χ2n) is 13.5. The Morgan fingerprint density at radius 1 is 0.636 bits per heavy atom. The molecule has 20 heteroatoms. The number of hydrogen-bond donors (Lipinski definition) is 7. The van der Waals surface area contributed by atoms with Crippen molar-refractivity contribution in [2.45, 2.75) is 160 Å². The number of aldehydes is 1. The van der Waals surface area contributed by atoms with E-state index in [2.05, 4.69) is 41.3 Å². The first-order valence-corrected chi connectivity index (χ1v) is 21.0. The van der Waals surface area contributed by atoms with E-state index in [0.717, 1.165) is 44.3 Å². The number of nitrogens with one attached hydrogen (secondary N) is 5. The van der Waals surface area contributed by atoms with Gasteiger partial charge in [-0.25, -0.2) is 18.0 Å². The van der Waals surface area contributed by atoms with Gasteiger partial charge in [0, 0.05) is 45.1 Å². The van der Waals surface area contributed by atoms with Crippen molar-refractivity contribution in [2.75, 3.05) is 12.3 Å². The van der Waals surface area contributed by atoms with Crippen LogP contribution in [0.15, 0.2) is 0 Å². The molecule has 0 radical (unpaired) electrons. The molecule has 0 aliphatic heterocycles. The largest absolute Gasteiger partial charge is 0.480 e. The Labute approximate surface area is 322 Å². The number of aryl methyl sites for hydroxylation is 1. The van der Waals surface area contributed by atoms with Gasteiger partial charge in [-0.1, -0.05) is 75.8 Å². The van der Waals surface area contributed by atoms with E-state index in [1.807, 2.05) is 0 Å². The SMILES string of the molecule is O=CCCC(NC(=O)CCC(NC(=O)CCCNC(=O)CCCS(=O)(=O)NC(=O)CCCCCCCCCCCCCCCc1nn[nH]n1)C(=O)O)C(=O)O. The third-order valence-electron chi connectivity index (χ3n) is 8.68. The van der Waals surface area contributed by atoms with E-state index in [-0.39, 0.29) is 64.3 Å². The summed E-state index contributed by atoms with van der Waals surface area (Å²) in [7, 11) is -3.89. The van der Waals surface area contributed by atoms with Crippen LogP contribution in [0.3, 0.4) is 0 Å². The van der Waals surface area contributed by atoms with Gasteiger partial charge in [0.1, 0.15) is 18.4 Å². The summed E-state index contributed by atoms with van der Waals surface area (Å²) < 4.78 is 26.6. The first kappa shape index (κ1) is 48.5. The summed E-state index contributed by atoms with van der Waals surface area (Å²) in [4.78, 5) is 81.7. The van der Waals surface area contributed by atoms with Crippen LogP contribution in [-0.4, -0.2) is 105 Å². The van der Waals surface area contributed by atoms with Crippen LogP contribution in [0.5, 0.6) is 0 Å². The number of aliphatic carboxylic acids is 2. The summed E-state index contributed by atoms with van der Waals surface area (Å²) in [5, 5.41) is 39.5. The minimum atomic E-state index is -3.89. The molecular weight excluding hydrogens is 740 g/mol. The number of tetrazole rings is 1. The molecule has 0 aliphatic carbocycles. The van der Waals surface area contributed by atoms with Gasteiger partial charge in [-0.15, -0.1) is 10.2 Å². The number of aromatic nitrogens is 4. The van der Waals surface area contributed by atoms with Gasteiger partial charge >= 0.3 is 11.9 Å². The molecule has 7 N–H and O–H groups in total. The van der Waals surface area contributed by atoms with Gasteiger partial charge < -0.3 is 31.0 Å². The summed E-state index contributed by atoms with van der Waals surface area (Å²) in [6, 6.07) is -2.71. The molecule has 4 amide bonds. The lowest BCUT2D eigenvalue weighted by Crippen LogP contribution is -2.44. The molecule has 19 nitrogen and oxygen atoms in total. The number of carboxylic acids is 2. The van der Waals surface area contributed by atoms with E-state index in [4.69, 9.17) is 5.11 Å². The molecule has 1 rings (SSSR count). The number of carbonyl (C=O) groups excluding carboxylic acids is 5. The van der Waals surface area contributed by atoms with Crippen LogP contribution in [0.25, 0.3) is 0 Å². The van der Waals surface area contributed by atoms with Crippen molar-refractivity contribution >= 4 is 51.9 Å². The molecule has 55 heavy (non-hydrogen) atoms. The number of carboxylic acid groups (broad SMARTS) is 2. The van der Waals surface area contributed by atoms with E-state index in [1.54, 1.807) is 0 Å². The Bertz CT molecular complexity index is 1410. The molecule has 0 saturated carbocycles. The fourth-order valence-corrected chi connectivity index (χ4v) is 6.70. The van der Waals surface area contributed by atoms with E-state index in [0.29, 0.717) is 12.7 Å². The maximum atomic E-state index is 12.3. The summed E-state index contributed by atoms with van der Waals surface area (Å²) >= 11 is 0. The second kappa shape index (κ2) is 29.8. The zero-order chi connectivity index (χ0) is 40.7. The molecular formula is C35H60N8O11S. The Morgan fingerprint density at radius 3 is 1.69 bits per heavy atom. The van der Waals surface area contributed by atoms with Crippen LogP contribution in [0.4, 0.5) is 0 Å². The highest BCUT2D eigenvalue weighted by atomic mass is 32.2.